The second-order valence-corrected chi connectivity index (χ2v) is 8.28. The van der Waals surface area contributed by atoms with E-state index in [4.69, 9.17) is 9.15 Å². The SMILES string of the molecule is Cc1cc(C2CCOCC2)oc(=O)c1C(=O)NCCCc1nc(C)c(C)s1. The number of aromatic nitrogens is 1. The zero-order valence-corrected chi connectivity index (χ0v) is 16.9. The highest BCUT2D eigenvalue weighted by Gasteiger charge is 2.22. The summed E-state index contributed by atoms with van der Waals surface area (Å²) < 4.78 is 10.8. The molecule has 1 fully saturated rings. The summed E-state index contributed by atoms with van der Waals surface area (Å²) in [5.41, 5.74) is 1.28. The Morgan fingerprint density at radius 3 is 2.67 bits per heavy atom. The molecule has 146 valence electrons. The van der Waals surface area contributed by atoms with Gasteiger partial charge in [0.2, 0.25) is 0 Å². The molecule has 0 aliphatic carbocycles. The first-order valence-electron chi connectivity index (χ1n) is 9.39. The standard InChI is InChI=1S/C20H26N2O4S/c1-12-11-16(15-6-9-25-10-7-15)26-20(24)18(12)19(23)21-8-4-5-17-22-13(2)14(3)27-17/h11,15H,4-10H2,1-3H3,(H,21,23). The Kier molecular flexibility index (Phi) is 6.44. The van der Waals surface area contributed by atoms with E-state index in [1.807, 2.05) is 13.0 Å². The van der Waals surface area contributed by atoms with E-state index in [-0.39, 0.29) is 17.4 Å². The summed E-state index contributed by atoms with van der Waals surface area (Å²) in [7, 11) is 0. The molecule has 0 radical (unpaired) electrons. The highest BCUT2D eigenvalue weighted by atomic mass is 32.1. The Morgan fingerprint density at radius 1 is 1.30 bits per heavy atom. The lowest BCUT2D eigenvalue weighted by Crippen LogP contribution is -2.31. The number of amides is 1. The van der Waals surface area contributed by atoms with E-state index in [1.54, 1.807) is 18.3 Å². The van der Waals surface area contributed by atoms with Gasteiger partial charge in [0.25, 0.3) is 5.91 Å². The van der Waals surface area contributed by atoms with E-state index in [2.05, 4.69) is 17.2 Å². The highest BCUT2D eigenvalue weighted by molar-refractivity contribution is 7.11. The van der Waals surface area contributed by atoms with Crippen LogP contribution in [0.15, 0.2) is 15.3 Å². The lowest BCUT2D eigenvalue weighted by Gasteiger charge is -2.21. The predicted molar refractivity (Wildman–Crippen MR) is 105 cm³/mol. The number of ether oxygens (including phenoxy) is 1. The van der Waals surface area contributed by atoms with Crippen LogP contribution in [0.5, 0.6) is 0 Å². The molecule has 1 aliphatic rings. The number of hydrogen-bond acceptors (Lipinski definition) is 6. The van der Waals surface area contributed by atoms with Crippen LogP contribution >= 0.6 is 11.3 Å². The fraction of sp³-hybridized carbons (Fsp3) is 0.550. The van der Waals surface area contributed by atoms with E-state index in [0.29, 0.717) is 31.1 Å². The van der Waals surface area contributed by atoms with Gasteiger partial charge in [-0.25, -0.2) is 9.78 Å². The number of aryl methyl sites for hydroxylation is 4. The molecule has 1 amide bonds. The van der Waals surface area contributed by atoms with Crippen molar-refractivity contribution in [3.63, 3.8) is 0 Å². The number of nitrogens with one attached hydrogen (secondary N) is 1. The zero-order chi connectivity index (χ0) is 19.4. The molecule has 0 bridgehead atoms. The van der Waals surface area contributed by atoms with Crippen molar-refractivity contribution in [3.8, 4) is 0 Å². The maximum atomic E-state index is 12.4. The summed E-state index contributed by atoms with van der Waals surface area (Å²) in [6.45, 7) is 7.70. The topological polar surface area (TPSA) is 81.4 Å². The van der Waals surface area contributed by atoms with Crippen LogP contribution in [0, 0.1) is 20.8 Å². The second-order valence-electron chi connectivity index (χ2n) is 6.99. The normalized spacial score (nSPS) is 15.1. The number of hydrogen-bond donors (Lipinski definition) is 1. The predicted octanol–water partition coefficient (Wildman–Crippen LogP) is 3.28. The van der Waals surface area contributed by atoms with Gasteiger partial charge in [-0.15, -0.1) is 11.3 Å². The third-order valence-corrected chi connectivity index (χ3v) is 6.08. The van der Waals surface area contributed by atoms with E-state index in [9.17, 15) is 9.59 Å². The van der Waals surface area contributed by atoms with Gasteiger partial charge >= 0.3 is 5.63 Å². The van der Waals surface area contributed by atoms with Gasteiger partial charge in [0, 0.05) is 37.0 Å². The molecular formula is C20H26N2O4S. The van der Waals surface area contributed by atoms with Crippen LogP contribution in [0.1, 0.15) is 62.4 Å². The van der Waals surface area contributed by atoms with Crippen LogP contribution < -0.4 is 10.9 Å². The van der Waals surface area contributed by atoms with Crippen molar-refractivity contribution in [3.05, 3.63) is 49.0 Å². The summed E-state index contributed by atoms with van der Waals surface area (Å²) in [5.74, 6) is 0.477. The molecule has 0 unspecified atom stereocenters. The van der Waals surface area contributed by atoms with Gasteiger partial charge in [-0.05, 0) is 51.7 Å². The summed E-state index contributed by atoms with van der Waals surface area (Å²) in [6.07, 6.45) is 3.27. The second kappa shape index (κ2) is 8.80. The van der Waals surface area contributed by atoms with Crippen LogP contribution in [0.3, 0.4) is 0 Å². The lowest BCUT2D eigenvalue weighted by atomic mass is 9.95. The number of carbonyl (C=O) groups is 1. The van der Waals surface area contributed by atoms with Gasteiger partial charge in [-0.1, -0.05) is 0 Å². The smallest absolute Gasteiger partial charge is 0.349 e. The van der Waals surface area contributed by atoms with Crippen LogP contribution in [-0.4, -0.2) is 30.6 Å². The molecule has 3 rings (SSSR count). The number of rotatable bonds is 6. The van der Waals surface area contributed by atoms with Crippen LogP contribution in [-0.2, 0) is 11.2 Å². The monoisotopic (exact) mass is 390 g/mol. The van der Waals surface area contributed by atoms with Crippen LogP contribution in [0.4, 0.5) is 0 Å². The highest BCUT2D eigenvalue weighted by Crippen LogP contribution is 2.27. The molecule has 2 aromatic rings. The molecule has 1 aliphatic heterocycles. The average Bonchev–Trinajstić information content (AvgIpc) is 2.96. The Bertz CT molecular complexity index is 846. The van der Waals surface area contributed by atoms with Gasteiger partial charge in [0.1, 0.15) is 11.3 Å². The molecule has 0 atom stereocenters. The molecule has 27 heavy (non-hydrogen) atoms. The van der Waals surface area contributed by atoms with Crippen molar-refractivity contribution in [1.82, 2.24) is 10.3 Å². The number of thiazole rings is 1. The third kappa shape index (κ3) is 4.84. The molecule has 7 heteroatoms. The largest absolute Gasteiger partial charge is 0.427 e. The van der Waals surface area contributed by atoms with Crippen molar-refractivity contribution in [2.45, 2.75) is 52.4 Å². The minimum absolute atomic E-state index is 0.103. The first-order valence-corrected chi connectivity index (χ1v) is 10.2. The fourth-order valence-corrected chi connectivity index (χ4v) is 4.24. The van der Waals surface area contributed by atoms with Gasteiger partial charge in [0.05, 0.1) is 10.7 Å². The summed E-state index contributed by atoms with van der Waals surface area (Å²) in [4.78, 5) is 30.5. The van der Waals surface area contributed by atoms with Gasteiger partial charge in [-0.3, -0.25) is 4.79 Å². The summed E-state index contributed by atoms with van der Waals surface area (Å²) in [6, 6.07) is 1.83. The molecule has 1 N–H and O–H groups in total. The Labute approximate surface area is 163 Å². The molecule has 0 saturated carbocycles. The number of nitrogens with zero attached hydrogens (tertiary/aromatic N) is 1. The van der Waals surface area contributed by atoms with E-state index in [1.165, 1.54) is 4.88 Å². The first kappa shape index (κ1) is 19.8. The van der Waals surface area contributed by atoms with Gasteiger partial charge in [-0.2, -0.15) is 0 Å². The van der Waals surface area contributed by atoms with Crippen molar-refractivity contribution in [1.29, 1.82) is 0 Å². The van der Waals surface area contributed by atoms with Gasteiger partial charge < -0.3 is 14.5 Å². The molecule has 0 aromatic carbocycles. The van der Waals surface area contributed by atoms with Crippen molar-refractivity contribution >= 4 is 17.2 Å². The number of carbonyl (C=O) groups excluding carboxylic acids is 1. The third-order valence-electron chi connectivity index (χ3n) is 4.94. The average molecular weight is 391 g/mol. The molecule has 1 saturated heterocycles. The quantitative estimate of drug-likeness (QED) is 0.766. The Morgan fingerprint density at radius 2 is 2.04 bits per heavy atom. The minimum atomic E-state index is -0.555. The minimum Gasteiger partial charge on any atom is -0.427 e. The summed E-state index contributed by atoms with van der Waals surface area (Å²) in [5, 5.41) is 3.91. The van der Waals surface area contributed by atoms with Crippen LogP contribution in [0.2, 0.25) is 0 Å². The van der Waals surface area contributed by atoms with E-state index < -0.39 is 5.63 Å². The fourth-order valence-electron chi connectivity index (χ4n) is 3.27. The molecule has 6 nitrogen and oxygen atoms in total. The van der Waals surface area contributed by atoms with E-state index >= 15 is 0 Å². The first-order chi connectivity index (χ1) is 13.0. The molecular weight excluding hydrogens is 364 g/mol. The van der Waals surface area contributed by atoms with E-state index in [0.717, 1.165) is 36.4 Å². The van der Waals surface area contributed by atoms with Crippen molar-refractivity contribution in [2.24, 2.45) is 0 Å². The Hall–Kier alpha value is -1.99. The van der Waals surface area contributed by atoms with Gasteiger partial charge in [0.15, 0.2) is 0 Å². The zero-order valence-electron chi connectivity index (χ0n) is 16.1. The maximum absolute atomic E-state index is 12.4. The maximum Gasteiger partial charge on any atom is 0.349 e. The Balaban J connectivity index is 1.58. The summed E-state index contributed by atoms with van der Waals surface area (Å²) >= 11 is 1.69. The molecule has 2 aromatic heterocycles. The lowest BCUT2D eigenvalue weighted by molar-refractivity contribution is 0.0795. The molecule has 0 spiro atoms. The van der Waals surface area contributed by atoms with Crippen molar-refractivity contribution in [2.75, 3.05) is 19.8 Å². The van der Waals surface area contributed by atoms with Crippen molar-refractivity contribution < 1.29 is 13.9 Å². The molecule has 3 heterocycles. The van der Waals surface area contributed by atoms with Crippen LogP contribution in [0.25, 0.3) is 0 Å².